The fraction of sp³-hybridized carbons (Fsp3) is 0.941. The molecule has 0 bridgehead atoms. The highest BCUT2D eigenvalue weighted by atomic mass is 16.1. The van der Waals surface area contributed by atoms with Crippen molar-refractivity contribution in [2.24, 2.45) is 11.7 Å². The monoisotopic (exact) mass is 297 g/mol. The number of primary amides is 1. The van der Waals surface area contributed by atoms with E-state index in [1.54, 1.807) is 0 Å². The summed E-state index contributed by atoms with van der Waals surface area (Å²) in [5, 5.41) is 3.33. The predicted octanol–water partition coefficient (Wildman–Crippen LogP) is 2.52. The molecule has 1 amide bonds. The maximum atomic E-state index is 11.7. The van der Waals surface area contributed by atoms with Crippen LogP contribution in [-0.4, -0.2) is 41.5 Å². The molecule has 1 atom stereocenters. The van der Waals surface area contributed by atoms with E-state index in [0.29, 0.717) is 0 Å². The van der Waals surface area contributed by atoms with Crippen LogP contribution in [0.4, 0.5) is 0 Å². The fourth-order valence-electron chi connectivity index (χ4n) is 2.88. The minimum atomic E-state index is -0.582. The molecule has 0 aliphatic heterocycles. The zero-order valence-electron chi connectivity index (χ0n) is 14.6. The van der Waals surface area contributed by atoms with Crippen LogP contribution in [-0.2, 0) is 4.79 Å². The number of hydrogen-bond donors (Lipinski definition) is 2. The van der Waals surface area contributed by atoms with Gasteiger partial charge >= 0.3 is 0 Å². The zero-order valence-corrected chi connectivity index (χ0v) is 14.6. The molecule has 1 saturated carbocycles. The first-order chi connectivity index (χ1) is 9.74. The Morgan fingerprint density at radius 3 is 2.33 bits per heavy atom. The van der Waals surface area contributed by atoms with Crippen LogP contribution >= 0.6 is 0 Å². The standard InChI is InChI=1S/C17H35N3O/c1-13(2)9-12-20(15-7-8-15)11-6-10-17(5,16(18)21)19-14(3)4/h13-15,19H,6-12H2,1-5H3,(H2,18,21). The van der Waals surface area contributed by atoms with Crippen molar-refractivity contribution in [3.8, 4) is 0 Å². The number of nitrogens with zero attached hydrogens (tertiary/aromatic N) is 1. The maximum absolute atomic E-state index is 11.7. The quantitative estimate of drug-likeness (QED) is 0.616. The average Bonchev–Trinajstić information content (AvgIpc) is 3.16. The second kappa shape index (κ2) is 8.14. The Balaban J connectivity index is 2.41. The van der Waals surface area contributed by atoms with Crippen LogP contribution in [0.2, 0.25) is 0 Å². The lowest BCUT2D eigenvalue weighted by Gasteiger charge is -2.31. The van der Waals surface area contributed by atoms with Gasteiger partial charge in [0, 0.05) is 12.1 Å². The zero-order chi connectivity index (χ0) is 16.0. The predicted molar refractivity (Wildman–Crippen MR) is 89.2 cm³/mol. The van der Waals surface area contributed by atoms with Crippen molar-refractivity contribution in [3.63, 3.8) is 0 Å². The minimum Gasteiger partial charge on any atom is -0.368 e. The van der Waals surface area contributed by atoms with E-state index in [2.05, 4.69) is 37.9 Å². The maximum Gasteiger partial charge on any atom is 0.237 e. The Morgan fingerprint density at radius 2 is 1.90 bits per heavy atom. The molecular weight excluding hydrogens is 262 g/mol. The summed E-state index contributed by atoms with van der Waals surface area (Å²) in [6.45, 7) is 12.9. The van der Waals surface area contributed by atoms with Crippen molar-refractivity contribution in [1.82, 2.24) is 10.2 Å². The van der Waals surface area contributed by atoms with Gasteiger partial charge in [-0.1, -0.05) is 13.8 Å². The Bertz CT molecular complexity index is 326. The Morgan fingerprint density at radius 1 is 1.29 bits per heavy atom. The third-order valence-electron chi connectivity index (χ3n) is 4.33. The van der Waals surface area contributed by atoms with Crippen molar-refractivity contribution in [1.29, 1.82) is 0 Å². The van der Waals surface area contributed by atoms with Gasteiger partial charge in [-0.2, -0.15) is 0 Å². The third-order valence-corrected chi connectivity index (χ3v) is 4.33. The molecule has 0 radical (unpaired) electrons. The van der Waals surface area contributed by atoms with Crippen LogP contribution in [0.3, 0.4) is 0 Å². The first-order valence-electron chi connectivity index (χ1n) is 8.56. The highest BCUT2D eigenvalue weighted by molar-refractivity contribution is 5.84. The normalized spacial score (nSPS) is 18.5. The molecule has 0 aromatic heterocycles. The summed E-state index contributed by atoms with van der Waals surface area (Å²) in [6.07, 6.45) is 5.78. The molecule has 21 heavy (non-hydrogen) atoms. The van der Waals surface area contributed by atoms with Crippen LogP contribution in [0.25, 0.3) is 0 Å². The van der Waals surface area contributed by atoms with Crippen LogP contribution < -0.4 is 11.1 Å². The highest BCUT2D eigenvalue weighted by Crippen LogP contribution is 2.28. The van der Waals surface area contributed by atoms with Gasteiger partial charge in [0.05, 0.1) is 5.54 Å². The van der Waals surface area contributed by atoms with Crippen LogP contribution in [0, 0.1) is 5.92 Å². The molecule has 1 rings (SSSR count). The second-order valence-corrected chi connectivity index (χ2v) is 7.55. The van der Waals surface area contributed by atoms with Crippen LogP contribution in [0.15, 0.2) is 0 Å². The number of carbonyl (C=O) groups is 1. The summed E-state index contributed by atoms with van der Waals surface area (Å²) < 4.78 is 0. The summed E-state index contributed by atoms with van der Waals surface area (Å²) in [5.41, 5.74) is 5.01. The molecule has 1 aliphatic rings. The molecule has 0 aromatic rings. The van der Waals surface area contributed by atoms with Gasteiger partial charge in [-0.3, -0.25) is 4.79 Å². The average molecular weight is 297 g/mol. The Labute approximate surface area is 130 Å². The van der Waals surface area contributed by atoms with Crippen molar-refractivity contribution in [2.75, 3.05) is 13.1 Å². The van der Waals surface area contributed by atoms with Crippen molar-refractivity contribution in [3.05, 3.63) is 0 Å². The van der Waals surface area contributed by atoms with Crippen molar-refractivity contribution < 1.29 is 4.79 Å². The largest absolute Gasteiger partial charge is 0.368 e. The summed E-state index contributed by atoms with van der Waals surface area (Å²) in [5.74, 6) is 0.515. The van der Waals surface area contributed by atoms with Gasteiger partial charge in [-0.15, -0.1) is 0 Å². The molecule has 124 valence electrons. The third kappa shape index (κ3) is 6.79. The van der Waals surface area contributed by atoms with E-state index in [1.807, 2.05) is 6.92 Å². The number of rotatable bonds is 11. The number of carbonyl (C=O) groups excluding carboxylic acids is 1. The summed E-state index contributed by atoms with van der Waals surface area (Å²) in [4.78, 5) is 14.3. The Kier molecular flexibility index (Phi) is 7.14. The van der Waals surface area contributed by atoms with E-state index in [1.165, 1.54) is 25.8 Å². The lowest BCUT2D eigenvalue weighted by molar-refractivity contribution is -0.124. The lowest BCUT2D eigenvalue weighted by Crippen LogP contribution is -2.55. The van der Waals surface area contributed by atoms with Gasteiger partial charge in [0.2, 0.25) is 5.91 Å². The van der Waals surface area contributed by atoms with E-state index in [4.69, 9.17) is 5.73 Å². The number of amides is 1. The summed E-state index contributed by atoms with van der Waals surface area (Å²) >= 11 is 0. The van der Waals surface area contributed by atoms with Gasteiger partial charge in [-0.05, 0) is 71.9 Å². The topological polar surface area (TPSA) is 58.4 Å². The molecular formula is C17H35N3O. The van der Waals surface area contributed by atoms with Crippen LogP contribution in [0.1, 0.15) is 66.7 Å². The molecule has 1 fully saturated rings. The highest BCUT2D eigenvalue weighted by Gasteiger charge is 2.32. The minimum absolute atomic E-state index is 0.239. The number of nitrogens with two attached hydrogens (primary N) is 1. The van der Waals surface area contributed by atoms with Gasteiger partial charge in [0.1, 0.15) is 0 Å². The molecule has 4 heteroatoms. The summed E-state index contributed by atoms with van der Waals surface area (Å²) in [6, 6.07) is 1.06. The molecule has 3 N–H and O–H groups in total. The molecule has 1 unspecified atom stereocenters. The first-order valence-corrected chi connectivity index (χ1v) is 8.56. The summed E-state index contributed by atoms with van der Waals surface area (Å²) in [7, 11) is 0. The molecule has 4 nitrogen and oxygen atoms in total. The van der Waals surface area contributed by atoms with Crippen molar-refractivity contribution >= 4 is 5.91 Å². The van der Waals surface area contributed by atoms with Gasteiger partial charge in [-0.25, -0.2) is 0 Å². The SMILES string of the molecule is CC(C)CCN(CCCC(C)(NC(C)C)C(N)=O)C1CC1. The van der Waals surface area contributed by atoms with E-state index in [0.717, 1.165) is 31.3 Å². The van der Waals surface area contributed by atoms with Gasteiger partial charge < -0.3 is 16.0 Å². The molecule has 0 aromatic carbocycles. The molecule has 0 heterocycles. The molecule has 0 spiro atoms. The van der Waals surface area contributed by atoms with E-state index >= 15 is 0 Å². The van der Waals surface area contributed by atoms with E-state index < -0.39 is 5.54 Å². The molecule has 1 aliphatic carbocycles. The van der Waals surface area contributed by atoms with Crippen molar-refractivity contribution in [2.45, 2.75) is 84.3 Å². The Hall–Kier alpha value is -0.610. The first kappa shape index (κ1) is 18.4. The van der Waals surface area contributed by atoms with Gasteiger partial charge in [0.15, 0.2) is 0 Å². The molecule has 0 saturated heterocycles. The smallest absolute Gasteiger partial charge is 0.237 e. The van der Waals surface area contributed by atoms with Gasteiger partial charge in [0.25, 0.3) is 0 Å². The van der Waals surface area contributed by atoms with E-state index in [9.17, 15) is 4.79 Å². The second-order valence-electron chi connectivity index (χ2n) is 7.55. The number of hydrogen-bond acceptors (Lipinski definition) is 3. The van der Waals surface area contributed by atoms with E-state index in [-0.39, 0.29) is 11.9 Å². The fourth-order valence-corrected chi connectivity index (χ4v) is 2.88. The lowest BCUT2D eigenvalue weighted by atomic mass is 9.93. The van der Waals surface area contributed by atoms with Crippen LogP contribution in [0.5, 0.6) is 0 Å². The number of nitrogens with one attached hydrogen (secondary N) is 1.